The minimum Gasteiger partial charge on any atom is -0.469 e. The predicted octanol–water partition coefficient (Wildman–Crippen LogP) is 2.60. The number of carbonyl (C=O) groups is 2. The van der Waals surface area contributed by atoms with Gasteiger partial charge in [0, 0.05) is 28.8 Å². The van der Waals surface area contributed by atoms with Gasteiger partial charge in [-0.15, -0.1) is 0 Å². The van der Waals surface area contributed by atoms with Crippen LogP contribution in [0.25, 0.3) is 0 Å². The van der Waals surface area contributed by atoms with Crippen LogP contribution in [0.4, 0.5) is 0 Å². The van der Waals surface area contributed by atoms with Crippen molar-refractivity contribution >= 4 is 46.1 Å². The Hall–Kier alpha value is -0.860. The Kier molecular flexibility index (Phi) is 7.98. The Balaban J connectivity index is 2.87. The quantitative estimate of drug-likeness (QED) is 0.498. The van der Waals surface area contributed by atoms with Crippen molar-refractivity contribution in [2.45, 2.75) is 6.42 Å². The molecular weight excluding hydrogens is 409 g/mol. The summed E-state index contributed by atoms with van der Waals surface area (Å²) in [6, 6.07) is 5.14. The molecule has 5 nitrogen and oxygen atoms in total. The molecule has 0 aliphatic carbocycles. The summed E-state index contributed by atoms with van der Waals surface area (Å²) in [5.74, 6) is -0.533. The summed E-state index contributed by atoms with van der Waals surface area (Å²) in [4.78, 5) is 25.4. The van der Waals surface area contributed by atoms with Crippen LogP contribution in [-0.4, -0.2) is 50.7 Å². The molecule has 116 valence electrons. The standard InChI is InChI=1S/C14H17ClINO4/c1-20-8-7-17(6-5-13(18)21-2)14(19)11-9-10(15)3-4-12(11)16/h3-4,9H,5-8H2,1-2H3. The monoisotopic (exact) mass is 425 g/mol. The number of hydrogen-bond donors (Lipinski definition) is 0. The zero-order valence-electron chi connectivity index (χ0n) is 11.9. The van der Waals surface area contributed by atoms with Crippen LogP contribution >= 0.6 is 34.2 Å². The topological polar surface area (TPSA) is 55.8 Å². The molecule has 1 rings (SSSR count). The first kappa shape index (κ1) is 18.2. The predicted molar refractivity (Wildman–Crippen MR) is 88.6 cm³/mol. The smallest absolute Gasteiger partial charge is 0.307 e. The van der Waals surface area contributed by atoms with Gasteiger partial charge in [-0.2, -0.15) is 0 Å². The Bertz CT molecular complexity index is 510. The minimum absolute atomic E-state index is 0.142. The second-order valence-corrected chi connectivity index (χ2v) is 5.83. The zero-order chi connectivity index (χ0) is 15.8. The highest BCUT2D eigenvalue weighted by atomic mass is 127. The van der Waals surface area contributed by atoms with Gasteiger partial charge < -0.3 is 14.4 Å². The summed E-state index contributed by atoms with van der Waals surface area (Å²) in [7, 11) is 2.88. The maximum absolute atomic E-state index is 12.6. The van der Waals surface area contributed by atoms with Gasteiger partial charge in [0.25, 0.3) is 5.91 Å². The van der Waals surface area contributed by atoms with Crippen LogP contribution in [0, 0.1) is 3.57 Å². The highest BCUT2D eigenvalue weighted by molar-refractivity contribution is 14.1. The van der Waals surface area contributed by atoms with Gasteiger partial charge in [0.05, 0.1) is 25.7 Å². The lowest BCUT2D eigenvalue weighted by Crippen LogP contribution is -2.36. The molecule has 1 aromatic carbocycles. The van der Waals surface area contributed by atoms with Crippen molar-refractivity contribution in [3.63, 3.8) is 0 Å². The molecule has 0 fully saturated rings. The first-order chi connectivity index (χ1) is 9.99. The van der Waals surface area contributed by atoms with Gasteiger partial charge in [0.2, 0.25) is 0 Å². The summed E-state index contributed by atoms with van der Waals surface area (Å²) >= 11 is 8.03. The number of carbonyl (C=O) groups excluding carboxylic acids is 2. The van der Waals surface area contributed by atoms with Gasteiger partial charge in [-0.05, 0) is 40.8 Å². The van der Waals surface area contributed by atoms with Crippen LogP contribution in [0.15, 0.2) is 18.2 Å². The molecule has 0 N–H and O–H groups in total. The van der Waals surface area contributed by atoms with E-state index in [1.807, 2.05) is 0 Å². The molecule has 21 heavy (non-hydrogen) atoms. The van der Waals surface area contributed by atoms with Gasteiger partial charge in [0.1, 0.15) is 0 Å². The van der Waals surface area contributed by atoms with E-state index in [0.717, 1.165) is 3.57 Å². The number of methoxy groups -OCH3 is 2. The van der Waals surface area contributed by atoms with Crippen molar-refractivity contribution in [3.8, 4) is 0 Å². The molecule has 0 aliphatic heterocycles. The van der Waals surface area contributed by atoms with E-state index >= 15 is 0 Å². The molecule has 7 heteroatoms. The van der Waals surface area contributed by atoms with Crippen LogP contribution < -0.4 is 0 Å². The van der Waals surface area contributed by atoms with E-state index in [4.69, 9.17) is 16.3 Å². The first-order valence-corrected chi connectivity index (χ1v) is 7.75. The number of ether oxygens (including phenoxy) is 2. The fraction of sp³-hybridized carbons (Fsp3) is 0.429. The lowest BCUT2D eigenvalue weighted by molar-refractivity contribution is -0.140. The normalized spacial score (nSPS) is 10.3. The molecule has 0 spiro atoms. The van der Waals surface area contributed by atoms with Gasteiger partial charge in [-0.1, -0.05) is 11.6 Å². The SMILES string of the molecule is COCCN(CCC(=O)OC)C(=O)c1cc(Cl)ccc1I. The van der Waals surface area contributed by atoms with E-state index in [1.54, 1.807) is 30.2 Å². The Morgan fingerprint density at radius 2 is 2.00 bits per heavy atom. The Labute approximate surface area is 142 Å². The highest BCUT2D eigenvalue weighted by Gasteiger charge is 2.19. The van der Waals surface area contributed by atoms with Crippen LogP contribution in [0.3, 0.4) is 0 Å². The van der Waals surface area contributed by atoms with E-state index in [9.17, 15) is 9.59 Å². The molecule has 0 unspecified atom stereocenters. The number of esters is 1. The lowest BCUT2D eigenvalue weighted by atomic mass is 10.2. The van der Waals surface area contributed by atoms with Crippen molar-refractivity contribution < 1.29 is 19.1 Å². The van der Waals surface area contributed by atoms with Crippen LogP contribution in [0.2, 0.25) is 5.02 Å². The molecule has 0 atom stereocenters. The second kappa shape index (κ2) is 9.22. The van der Waals surface area contributed by atoms with Gasteiger partial charge in [-0.3, -0.25) is 9.59 Å². The molecule has 0 aliphatic rings. The number of halogens is 2. The van der Waals surface area contributed by atoms with Crippen LogP contribution in [-0.2, 0) is 14.3 Å². The lowest BCUT2D eigenvalue weighted by Gasteiger charge is -2.22. The van der Waals surface area contributed by atoms with Crippen molar-refractivity contribution in [1.82, 2.24) is 4.90 Å². The molecule has 0 radical (unpaired) electrons. The summed E-state index contributed by atoms with van der Waals surface area (Å²) in [6.07, 6.45) is 0.142. The minimum atomic E-state index is -0.356. The molecule has 0 bridgehead atoms. The largest absolute Gasteiger partial charge is 0.469 e. The van der Waals surface area contributed by atoms with Crippen LogP contribution in [0.1, 0.15) is 16.8 Å². The summed E-state index contributed by atoms with van der Waals surface area (Å²) in [5.41, 5.74) is 0.518. The molecule has 1 aromatic rings. The first-order valence-electron chi connectivity index (χ1n) is 6.29. The third-order valence-electron chi connectivity index (χ3n) is 2.82. The Morgan fingerprint density at radius 3 is 2.62 bits per heavy atom. The maximum Gasteiger partial charge on any atom is 0.307 e. The number of nitrogens with zero attached hydrogens (tertiary/aromatic N) is 1. The number of hydrogen-bond acceptors (Lipinski definition) is 4. The zero-order valence-corrected chi connectivity index (χ0v) is 14.8. The molecular formula is C14H17ClINO4. The van der Waals surface area contributed by atoms with Crippen molar-refractivity contribution in [2.24, 2.45) is 0 Å². The average molecular weight is 426 g/mol. The molecule has 1 amide bonds. The molecule has 0 aromatic heterocycles. The molecule has 0 saturated carbocycles. The number of benzene rings is 1. The van der Waals surface area contributed by atoms with E-state index < -0.39 is 0 Å². The maximum atomic E-state index is 12.6. The van der Waals surface area contributed by atoms with Crippen molar-refractivity contribution in [1.29, 1.82) is 0 Å². The summed E-state index contributed by atoms with van der Waals surface area (Å²) in [5, 5.41) is 0.499. The van der Waals surface area contributed by atoms with E-state index in [2.05, 4.69) is 27.3 Å². The summed E-state index contributed by atoms with van der Waals surface area (Å²) < 4.78 is 10.4. The van der Waals surface area contributed by atoms with Crippen molar-refractivity contribution in [3.05, 3.63) is 32.4 Å². The number of amides is 1. The summed E-state index contributed by atoms with van der Waals surface area (Å²) in [6.45, 7) is 1.07. The third kappa shape index (κ3) is 5.80. The van der Waals surface area contributed by atoms with Gasteiger partial charge in [0.15, 0.2) is 0 Å². The third-order valence-corrected chi connectivity index (χ3v) is 4.00. The highest BCUT2D eigenvalue weighted by Crippen LogP contribution is 2.19. The van der Waals surface area contributed by atoms with Crippen molar-refractivity contribution in [2.75, 3.05) is 33.9 Å². The van der Waals surface area contributed by atoms with E-state index in [0.29, 0.717) is 23.7 Å². The number of rotatable bonds is 7. The van der Waals surface area contributed by atoms with Crippen LogP contribution in [0.5, 0.6) is 0 Å². The van der Waals surface area contributed by atoms with E-state index in [-0.39, 0.29) is 24.8 Å². The second-order valence-electron chi connectivity index (χ2n) is 4.24. The average Bonchev–Trinajstić information content (AvgIpc) is 2.48. The van der Waals surface area contributed by atoms with Gasteiger partial charge in [-0.25, -0.2) is 0 Å². The van der Waals surface area contributed by atoms with Gasteiger partial charge >= 0.3 is 5.97 Å². The fourth-order valence-electron chi connectivity index (χ4n) is 1.68. The molecule has 0 heterocycles. The Morgan fingerprint density at radius 1 is 1.29 bits per heavy atom. The fourth-order valence-corrected chi connectivity index (χ4v) is 2.41. The molecule has 0 saturated heterocycles. The van der Waals surface area contributed by atoms with E-state index in [1.165, 1.54) is 7.11 Å².